The second-order valence-corrected chi connectivity index (χ2v) is 8.49. The monoisotopic (exact) mass is 442 g/mol. The Morgan fingerprint density at radius 1 is 1.03 bits per heavy atom. The van der Waals surface area contributed by atoms with Crippen LogP contribution in [0.15, 0.2) is 72.8 Å². The Balaban J connectivity index is 1.71. The third kappa shape index (κ3) is 4.92. The van der Waals surface area contributed by atoms with Gasteiger partial charge in [0.2, 0.25) is 0 Å². The second-order valence-electron chi connectivity index (χ2n) is 8.49. The maximum atomic E-state index is 13.5. The largest absolute Gasteiger partial charge is 0.484 e. The van der Waals surface area contributed by atoms with Crippen LogP contribution in [0, 0.1) is 6.92 Å². The Hall–Kier alpha value is -3.60. The van der Waals surface area contributed by atoms with Crippen molar-refractivity contribution < 1.29 is 14.3 Å². The van der Waals surface area contributed by atoms with Gasteiger partial charge in [0.1, 0.15) is 5.75 Å². The molecule has 5 heteroatoms. The van der Waals surface area contributed by atoms with Crippen LogP contribution in [0.4, 0.5) is 0 Å². The molecule has 2 amide bonds. The van der Waals surface area contributed by atoms with Gasteiger partial charge in [0, 0.05) is 25.7 Å². The normalized spacial score (nSPS) is 15.0. The summed E-state index contributed by atoms with van der Waals surface area (Å²) >= 11 is 0. The van der Waals surface area contributed by atoms with E-state index in [9.17, 15) is 9.59 Å². The van der Waals surface area contributed by atoms with E-state index in [1.165, 1.54) is 5.56 Å². The van der Waals surface area contributed by atoms with E-state index >= 15 is 0 Å². The maximum absolute atomic E-state index is 13.5. The molecule has 33 heavy (non-hydrogen) atoms. The van der Waals surface area contributed by atoms with E-state index in [-0.39, 0.29) is 24.5 Å². The first-order chi connectivity index (χ1) is 16.0. The Bertz CT molecular complexity index is 1140. The van der Waals surface area contributed by atoms with Crippen LogP contribution in [0.2, 0.25) is 0 Å². The van der Waals surface area contributed by atoms with Crippen LogP contribution in [-0.2, 0) is 11.2 Å². The fourth-order valence-electron chi connectivity index (χ4n) is 4.28. The van der Waals surface area contributed by atoms with E-state index in [4.69, 9.17) is 4.74 Å². The van der Waals surface area contributed by atoms with Gasteiger partial charge in [0.25, 0.3) is 11.8 Å². The highest BCUT2D eigenvalue weighted by Crippen LogP contribution is 2.38. The predicted octanol–water partition coefficient (Wildman–Crippen LogP) is 4.64. The molecule has 3 aromatic carbocycles. The minimum Gasteiger partial charge on any atom is -0.484 e. The molecule has 1 heterocycles. The number of hydrogen-bond donors (Lipinski definition) is 0. The van der Waals surface area contributed by atoms with Crippen LogP contribution >= 0.6 is 0 Å². The first-order valence-corrected chi connectivity index (χ1v) is 11.4. The molecule has 4 rings (SSSR count). The number of aryl methyl sites for hydroxylation is 1. The summed E-state index contributed by atoms with van der Waals surface area (Å²) in [5.41, 5.74) is 5.14. The van der Waals surface area contributed by atoms with E-state index in [1.807, 2.05) is 60.4 Å². The number of hydrogen-bond acceptors (Lipinski definition) is 3. The maximum Gasteiger partial charge on any atom is 0.260 e. The van der Waals surface area contributed by atoms with Crippen molar-refractivity contribution in [2.24, 2.45) is 0 Å². The van der Waals surface area contributed by atoms with E-state index in [0.29, 0.717) is 24.4 Å². The van der Waals surface area contributed by atoms with E-state index in [0.717, 1.165) is 23.1 Å². The van der Waals surface area contributed by atoms with Gasteiger partial charge < -0.3 is 14.5 Å². The summed E-state index contributed by atoms with van der Waals surface area (Å²) in [4.78, 5) is 29.3. The van der Waals surface area contributed by atoms with Gasteiger partial charge in [-0.05, 0) is 61.2 Å². The van der Waals surface area contributed by atoms with Crippen LogP contribution in [0.5, 0.6) is 5.75 Å². The Kier molecular flexibility index (Phi) is 6.78. The molecule has 0 aromatic heterocycles. The van der Waals surface area contributed by atoms with Crippen LogP contribution in [0.25, 0.3) is 0 Å². The summed E-state index contributed by atoms with van der Waals surface area (Å²) in [5.74, 6) is 0.587. The fourth-order valence-corrected chi connectivity index (χ4v) is 4.28. The van der Waals surface area contributed by atoms with Gasteiger partial charge >= 0.3 is 0 Å². The summed E-state index contributed by atoms with van der Waals surface area (Å²) in [7, 11) is 1.76. The lowest BCUT2D eigenvalue weighted by atomic mass is 9.87. The van der Waals surface area contributed by atoms with Crippen molar-refractivity contribution in [1.29, 1.82) is 0 Å². The molecule has 5 nitrogen and oxygen atoms in total. The molecule has 0 unspecified atom stereocenters. The first-order valence-electron chi connectivity index (χ1n) is 11.4. The minimum absolute atomic E-state index is 0.00903. The Morgan fingerprint density at radius 2 is 1.82 bits per heavy atom. The van der Waals surface area contributed by atoms with Crippen molar-refractivity contribution in [3.8, 4) is 5.75 Å². The molecule has 0 saturated carbocycles. The molecule has 170 valence electrons. The van der Waals surface area contributed by atoms with Crippen molar-refractivity contribution in [3.05, 3.63) is 101 Å². The average Bonchev–Trinajstić information content (AvgIpc) is 2.85. The standard InChI is InChI=1S/C28H30N2O3/c1-4-29(3)26(31)19-33-24-14-13-21-15-16-30(28(32)22-10-6-5-7-11-22)27(25(21)18-24)23-12-8-9-20(2)17-23/h5-14,17-18,27H,4,15-16,19H2,1-3H3/t27-/m1/s1. The van der Waals surface area contributed by atoms with E-state index in [1.54, 1.807) is 11.9 Å². The third-order valence-electron chi connectivity index (χ3n) is 6.25. The van der Waals surface area contributed by atoms with Gasteiger partial charge in [-0.2, -0.15) is 0 Å². The van der Waals surface area contributed by atoms with Gasteiger partial charge in [-0.15, -0.1) is 0 Å². The van der Waals surface area contributed by atoms with Gasteiger partial charge in [-0.25, -0.2) is 0 Å². The zero-order valence-electron chi connectivity index (χ0n) is 19.5. The quantitative estimate of drug-likeness (QED) is 0.559. The Labute approximate surface area is 195 Å². The first kappa shape index (κ1) is 22.6. The number of amides is 2. The SMILES string of the molecule is CCN(C)C(=O)COc1ccc2c(c1)[C@@H](c1cccc(C)c1)N(C(=O)c1ccccc1)CC2. The van der Waals surface area contributed by atoms with Crippen molar-refractivity contribution in [2.75, 3.05) is 26.7 Å². The molecule has 0 fully saturated rings. The van der Waals surface area contributed by atoms with Gasteiger partial charge in [-0.3, -0.25) is 9.59 Å². The van der Waals surface area contributed by atoms with Crippen LogP contribution in [0.1, 0.15) is 45.6 Å². The number of nitrogens with zero attached hydrogens (tertiary/aromatic N) is 2. The summed E-state index contributed by atoms with van der Waals surface area (Å²) in [6.07, 6.45) is 0.772. The number of rotatable bonds is 6. The summed E-state index contributed by atoms with van der Waals surface area (Å²) in [6, 6.07) is 23.5. The molecule has 3 aromatic rings. The molecule has 1 aliphatic heterocycles. The molecule has 0 bridgehead atoms. The van der Waals surface area contributed by atoms with Crippen molar-refractivity contribution >= 4 is 11.8 Å². The number of likely N-dealkylation sites (N-methyl/N-ethyl adjacent to an activating group) is 1. The average molecular weight is 443 g/mol. The lowest BCUT2D eigenvalue weighted by Crippen LogP contribution is -2.40. The topological polar surface area (TPSA) is 49.9 Å². The van der Waals surface area contributed by atoms with Crippen LogP contribution < -0.4 is 4.74 Å². The Morgan fingerprint density at radius 3 is 2.55 bits per heavy atom. The summed E-state index contributed by atoms with van der Waals surface area (Å²) < 4.78 is 5.85. The van der Waals surface area contributed by atoms with Gasteiger partial charge in [0.15, 0.2) is 6.61 Å². The molecule has 0 N–H and O–H groups in total. The molecule has 0 spiro atoms. The third-order valence-corrected chi connectivity index (χ3v) is 6.25. The number of fused-ring (bicyclic) bond motifs is 1. The van der Waals surface area contributed by atoms with E-state index in [2.05, 4.69) is 31.2 Å². The van der Waals surface area contributed by atoms with Gasteiger partial charge in [-0.1, -0.05) is 54.1 Å². The number of carbonyl (C=O) groups excluding carboxylic acids is 2. The lowest BCUT2D eigenvalue weighted by Gasteiger charge is -2.38. The van der Waals surface area contributed by atoms with Crippen molar-refractivity contribution in [1.82, 2.24) is 9.80 Å². The molecule has 0 radical (unpaired) electrons. The molecular weight excluding hydrogens is 412 g/mol. The van der Waals surface area contributed by atoms with Crippen molar-refractivity contribution in [2.45, 2.75) is 26.3 Å². The van der Waals surface area contributed by atoms with Crippen molar-refractivity contribution in [3.63, 3.8) is 0 Å². The molecule has 0 aliphatic carbocycles. The highest BCUT2D eigenvalue weighted by Gasteiger charge is 2.33. The summed E-state index contributed by atoms with van der Waals surface area (Å²) in [6.45, 7) is 5.26. The molecule has 1 aliphatic rings. The second kappa shape index (κ2) is 9.90. The number of ether oxygens (including phenoxy) is 1. The fraction of sp³-hybridized carbons (Fsp3) is 0.286. The highest BCUT2D eigenvalue weighted by molar-refractivity contribution is 5.95. The molecule has 1 atom stereocenters. The molecular formula is C28H30N2O3. The van der Waals surface area contributed by atoms with Crippen LogP contribution in [0.3, 0.4) is 0 Å². The zero-order chi connectivity index (χ0) is 23.4. The molecule has 0 saturated heterocycles. The zero-order valence-corrected chi connectivity index (χ0v) is 19.5. The number of benzene rings is 3. The smallest absolute Gasteiger partial charge is 0.260 e. The number of carbonyl (C=O) groups is 2. The lowest BCUT2D eigenvalue weighted by molar-refractivity contribution is -0.131. The highest BCUT2D eigenvalue weighted by atomic mass is 16.5. The summed E-state index contributed by atoms with van der Waals surface area (Å²) in [5, 5.41) is 0. The van der Waals surface area contributed by atoms with E-state index < -0.39 is 0 Å². The van der Waals surface area contributed by atoms with Crippen LogP contribution in [-0.4, -0.2) is 48.4 Å². The van der Waals surface area contributed by atoms with Gasteiger partial charge in [0.05, 0.1) is 6.04 Å². The minimum atomic E-state index is -0.223. The predicted molar refractivity (Wildman–Crippen MR) is 129 cm³/mol.